The lowest BCUT2D eigenvalue weighted by Crippen LogP contribution is -2.21. The third-order valence-corrected chi connectivity index (χ3v) is 4.65. The highest BCUT2D eigenvalue weighted by Gasteiger charge is 2.38. The Labute approximate surface area is 189 Å². The molecule has 1 N–H and O–H groups in total. The number of benzene rings is 2. The fraction of sp³-hybridized carbons (Fsp3) is 0.292. The Morgan fingerprint density at radius 2 is 1.73 bits per heavy atom. The summed E-state index contributed by atoms with van der Waals surface area (Å²) in [5.74, 6) is -1.01. The summed E-state index contributed by atoms with van der Waals surface area (Å²) in [5.41, 5.74) is 1.38. The summed E-state index contributed by atoms with van der Waals surface area (Å²) in [7, 11) is 0. The maximum absolute atomic E-state index is 12.5. The van der Waals surface area contributed by atoms with Gasteiger partial charge in [-0.3, -0.25) is 4.79 Å². The molecular weight excluding hydrogens is 435 g/mol. The van der Waals surface area contributed by atoms with Gasteiger partial charge in [0.1, 0.15) is 5.75 Å². The van der Waals surface area contributed by atoms with E-state index < -0.39 is 12.1 Å². The molecule has 33 heavy (non-hydrogen) atoms. The average Bonchev–Trinajstić information content (AvgIpc) is 3.32. The quantitative estimate of drug-likeness (QED) is 0.302. The molecule has 3 aromatic rings. The number of carbonyl (C=O) groups excluding carboxylic acids is 1. The maximum atomic E-state index is 12.5. The molecule has 9 heteroatoms. The average molecular weight is 459 g/mol. The molecule has 0 aliphatic heterocycles. The number of hydrogen-bond donors (Lipinski definition) is 1. The summed E-state index contributed by atoms with van der Waals surface area (Å²) in [6.45, 7) is 1.14. The molecular formula is C24H24F3N3O3. The van der Waals surface area contributed by atoms with Crippen molar-refractivity contribution in [3.63, 3.8) is 0 Å². The molecule has 0 unspecified atom stereocenters. The Bertz CT molecular complexity index is 1030. The van der Waals surface area contributed by atoms with Crippen LogP contribution in [-0.4, -0.2) is 29.2 Å². The lowest BCUT2D eigenvalue weighted by molar-refractivity contribution is -0.159. The molecule has 0 spiro atoms. The minimum absolute atomic E-state index is 0.110. The van der Waals surface area contributed by atoms with Crippen LogP contribution in [0.2, 0.25) is 0 Å². The number of unbranched alkanes of at least 4 members (excludes halogenated alkanes) is 3. The van der Waals surface area contributed by atoms with Gasteiger partial charge in [0.2, 0.25) is 11.7 Å². The molecule has 0 fully saturated rings. The predicted octanol–water partition coefficient (Wildman–Crippen LogP) is 5.52. The fourth-order valence-corrected chi connectivity index (χ4v) is 2.93. The zero-order valence-electron chi connectivity index (χ0n) is 17.8. The highest BCUT2D eigenvalue weighted by atomic mass is 19.4. The molecule has 1 aromatic heterocycles. The first-order valence-electron chi connectivity index (χ1n) is 10.6. The third kappa shape index (κ3) is 8.10. The summed E-state index contributed by atoms with van der Waals surface area (Å²) >= 11 is 0. The van der Waals surface area contributed by atoms with Gasteiger partial charge in [0.05, 0.1) is 6.61 Å². The summed E-state index contributed by atoms with van der Waals surface area (Å²) in [4.78, 5) is 15.1. The van der Waals surface area contributed by atoms with Crippen LogP contribution in [0.4, 0.5) is 13.2 Å². The van der Waals surface area contributed by atoms with E-state index >= 15 is 0 Å². The normalized spacial score (nSPS) is 11.6. The van der Waals surface area contributed by atoms with Crippen molar-refractivity contribution in [3.8, 4) is 17.1 Å². The van der Waals surface area contributed by atoms with Gasteiger partial charge in [-0.05, 0) is 48.7 Å². The lowest BCUT2D eigenvalue weighted by atomic mass is 10.2. The molecule has 0 radical (unpaired) electrons. The first-order chi connectivity index (χ1) is 15.9. The van der Waals surface area contributed by atoms with Crippen molar-refractivity contribution in [2.24, 2.45) is 0 Å². The minimum atomic E-state index is -4.67. The van der Waals surface area contributed by atoms with Crippen LogP contribution >= 0.6 is 0 Å². The van der Waals surface area contributed by atoms with E-state index in [2.05, 4.69) is 20.0 Å². The SMILES string of the molecule is O=C(/C=C/c1ccccc1)NCCCCCCOc1ccc(-c2noc(C(F)(F)F)n2)cc1. The topological polar surface area (TPSA) is 77.2 Å². The van der Waals surface area contributed by atoms with Crippen LogP contribution in [0.3, 0.4) is 0 Å². The molecule has 1 amide bonds. The third-order valence-electron chi connectivity index (χ3n) is 4.65. The van der Waals surface area contributed by atoms with E-state index in [1.165, 1.54) is 6.08 Å². The van der Waals surface area contributed by atoms with Gasteiger partial charge in [0, 0.05) is 18.2 Å². The zero-order valence-corrected chi connectivity index (χ0v) is 17.8. The van der Waals surface area contributed by atoms with Gasteiger partial charge in [0.25, 0.3) is 0 Å². The first-order valence-corrected chi connectivity index (χ1v) is 10.6. The van der Waals surface area contributed by atoms with Crippen LogP contribution in [-0.2, 0) is 11.0 Å². The molecule has 0 atom stereocenters. The fourth-order valence-electron chi connectivity index (χ4n) is 2.93. The van der Waals surface area contributed by atoms with Crippen molar-refractivity contribution >= 4 is 12.0 Å². The van der Waals surface area contributed by atoms with Crippen LogP contribution in [0.5, 0.6) is 5.75 Å². The summed E-state index contributed by atoms with van der Waals surface area (Å²) in [6.07, 6.45) is 2.29. The first kappa shape index (κ1) is 24.0. The second-order valence-electron chi connectivity index (χ2n) is 7.24. The number of nitrogens with zero attached hydrogens (tertiary/aromatic N) is 2. The van der Waals surface area contributed by atoms with E-state index in [9.17, 15) is 18.0 Å². The Morgan fingerprint density at radius 3 is 2.42 bits per heavy atom. The molecule has 6 nitrogen and oxygen atoms in total. The second kappa shape index (κ2) is 11.8. The number of rotatable bonds is 11. The number of carbonyl (C=O) groups is 1. The van der Waals surface area contributed by atoms with Crippen molar-refractivity contribution < 1.29 is 27.2 Å². The van der Waals surface area contributed by atoms with Crippen molar-refractivity contribution in [2.45, 2.75) is 31.9 Å². The Balaban J connectivity index is 1.26. The molecule has 3 rings (SSSR count). The van der Waals surface area contributed by atoms with Crippen molar-refractivity contribution in [1.29, 1.82) is 0 Å². The van der Waals surface area contributed by atoms with Gasteiger partial charge in [-0.2, -0.15) is 18.2 Å². The van der Waals surface area contributed by atoms with E-state index in [0.29, 0.717) is 24.5 Å². The Morgan fingerprint density at radius 1 is 1.00 bits per heavy atom. The molecule has 0 bridgehead atoms. The molecule has 0 saturated heterocycles. The summed E-state index contributed by atoms with van der Waals surface area (Å²) < 4.78 is 47.5. The Kier molecular flexibility index (Phi) is 8.63. The van der Waals surface area contributed by atoms with E-state index in [1.807, 2.05) is 30.3 Å². The number of alkyl halides is 3. The van der Waals surface area contributed by atoms with Crippen LogP contribution in [0.25, 0.3) is 17.5 Å². The second-order valence-corrected chi connectivity index (χ2v) is 7.24. The predicted molar refractivity (Wildman–Crippen MR) is 117 cm³/mol. The van der Waals surface area contributed by atoms with Gasteiger partial charge in [-0.15, -0.1) is 0 Å². The molecule has 0 aliphatic carbocycles. The van der Waals surface area contributed by atoms with Gasteiger partial charge in [0.15, 0.2) is 0 Å². The van der Waals surface area contributed by atoms with E-state index in [1.54, 1.807) is 30.3 Å². The zero-order chi connectivity index (χ0) is 23.5. The monoisotopic (exact) mass is 459 g/mol. The maximum Gasteiger partial charge on any atom is 0.471 e. The standard InChI is InChI=1S/C24H24F3N3O3/c25-24(26,27)23-29-22(30-33-23)19-11-13-20(14-12-19)32-17-7-2-1-6-16-28-21(31)15-10-18-8-4-3-5-9-18/h3-5,8-15H,1-2,6-7,16-17H2,(H,28,31)/b15-10+. The molecule has 0 aliphatic rings. The van der Waals surface area contributed by atoms with Gasteiger partial charge in [-0.25, -0.2) is 0 Å². The number of amides is 1. The molecule has 0 saturated carbocycles. The van der Waals surface area contributed by atoms with Crippen molar-refractivity contribution in [3.05, 3.63) is 72.1 Å². The van der Waals surface area contributed by atoms with E-state index in [4.69, 9.17) is 4.74 Å². The summed E-state index contributed by atoms with van der Waals surface area (Å²) in [5, 5.41) is 6.21. The van der Waals surface area contributed by atoms with E-state index in [-0.39, 0.29) is 11.7 Å². The van der Waals surface area contributed by atoms with Crippen LogP contribution in [0.1, 0.15) is 37.1 Å². The lowest BCUT2D eigenvalue weighted by Gasteiger charge is -2.07. The number of halogens is 3. The van der Waals surface area contributed by atoms with Crippen LogP contribution < -0.4 is 10.1 Å². The number of ether oxygens (including phenoxy) is 1. The minimum Gasteiger partial charge on any atom is -0.494 e. The van der Waals surface area contributed by atoms with Crippen LogP contribution in [0.15, 0.2) is 65.2 Å². The molecule has 2 aromatic carbocycles. The Hall–Kier alpha value is -3.62. The highest BCUT2D eigenvalue weighted by molar-refractivity contribution is 5.91. The molecule has 174 valence electrons. The van der Waals surface area contributed by atoms with Crippen molar-refractivity contribution in [2.75, 3.05) is 13.2 Å². The molecule has 1 heterocycles. The smallest absolute Gasteiger partial charge is 0.471 e. The number of hydrogen-bond acceptors (Lipinski definition) is 5. The highest BCUT2D eigenvalue weighted by Crippen LogP contribution is 2.29. The van der Waals surface area contributed by atoms with Crippen molar-refractivity contribution in [1.82, 2.24) is 15.5 Å². The van der Waals surface area contributed by atoms with Gasteiger partial charge >= 0.3 is 12.1 Å². The van der Waals surface area contributed by atoms with Crippen LogP contribution in [0, 0.1) is 0 Å². The number of nitrogens with one attached hydrogen (secondary N) is 1. The van der Waals surface area contributed by atoms with Gasteiger partial charge < -0.3 is 14.6 Å². The van der Waals surface area contributed by atoms with Gasteiger partial charge in [-0.1, -0.05) is 48.3 Å². The summed E-state index contributed by atoms with van der Waals surface area (Å²) in [6, 6.07) is 16.1. The number of aromatic nitrogens is 2. The van der Waals surface area contributed by atoms with E-state index in [0.717, 1.165) is 31.2 Å². The largest absolute Gasteiger partial charge is 0.494 e.